The molecule has 0 unspecified atom stereocenters. The number of nitrogens with zero attached hydrogens (tertiary/aromatic N) is 4. The molecule has 2 aromatic rings. The second-order valence-corrected chi connectivity index (χ2v) is 8.37. The quantitative estimate of drug-likeness (QED) is 0.738. The van der Waals surface area contributed by atoms with Crippen LogP contribution in [0.4, 0.5) is 0 Å². The summed E-state index contributed by atoms with van der Waals surface area (Å²) < 4.78 is 1.75. The highest BCUT2D eigenvalue weighted by Crippen LogP contribution is 2.23. The van der Waals surface area contributed by atoms with Crippen LogP contribution >= 0.6 is 11.6 Å². The fraction of sp³-hybridized carbons (Fsp3) is 0.545. The Balaban J connectivity index is 1.64. The van der Waals surface area contributed by atoms with Crippen molar-refractivity contribution in [2.45, 2.75) is 40.2 Å². The van der Waals surface area contributed by atoms with Crippen molar-refractivity contribution < 1.29 is 4.79 Å². The number of piperazine rings is 1. The largest absolute Gasteiger partial charge is 0.336 e. The molecule has 1 fully saturated rings. The molecule has 28 heavy (non-hydrogen) atoms. The summed E-state index contributed by atoms with van der Waals surface area (Å²) in [5.74, 6) is 0.687. The lowest BCUT2D eigenvalue weighted by atomic mass is 9.97. The van der Waals surface area contributed by atoms with E-state index in [0.29, 0.717) is 5.92 Å². The smallest absolute Gasteiger partial charge is 0.254 e. The number of carbonyl (C=O) groups excluding carboxylic acids is 1. The summed E-state index contributed by atoms with van der Waals surface area (Å²) >= 11 is 6.44. The molecule has 0 atom stereocenters. The van der Waals surface area contributed by atoms with Gasteiger partial charge in [-0.2, -0.15) is 5.10 Å². The Morgan fingerprint density at radius 3 is 2.50 bits per heavy atom. The summed E-state index contributed by atoms with van der Waals surface area (Å²) in [6.07, 6.45) is 1.81. The van der Waals surface area contributed by atoms with Crippen molar-refractivity contribution in [2.24, 2.45) is 13.0 Å². The lowest BCUT2D eigenvalue weighted by molar-refractivity contribution is 0.0627. The summed E-state index contributed by atoms with van der Waals surface area (Å²) in [4.78, 5) is 17.5. The van der Waals surface area contributed by atoms with Crippen LogP contribution in [0.5, 0.6) is 0 Å². The molecule has 0 saturated carbocycles. The highest BCUT2D eigenvalue weighted by atomic mass is 35.5. The normalized spacial score (nSPS) is 15.4. The number of aryl methyl sites for hydroxylation is 2. The molecule has 152 valence electrons. The Morgan fingerprint density at radius 1 is 1.18 bits per heavy atom. The van der Waals surface area contributed by atoms with Crippen LogP contribution in [0.3, 0.4) is 0 Å². The van der Waals surface area contributed by atoms with Crippen molar-refractivity contribution in [1.82, 2.24) is 19.6 Å². The molecular weight excluding hydrogens is 372 g/mol. The summed E-state index contributed by atoms with van der Waals surface area (Å²) in [6.45, 7) is 10.5. The molecular formula is C22H31ClN4O. The molecule has 1 aromatic carbocycles. The molecule has 2 heterocycles. The SMILES string of the molecule is CCc1nn(C)c(Cl)c1CN1CCN(C(=O)c2ccccc2CC(C)C)CC1. The number of hydrogen-bond donors (Lipinski definition) is 0. The molecule has 0 spiro atoms. The van der Waals surface area contributed by atoms with Crippen molar-refractivity contribution in [1.29, 1.82) is 0 Å². The monoisotopic (exact) mass is 402 g/mol. The fourth-order valence-electron chi connectivity index (χ4n) is 3.89. The average molecular weight is 403 g/mol. The lowest BCUT2D eigenvalue weighted by Gasteiger charge is -2.35. The van der Waals surface area contributed by atoms with E-state index in [2.05, 4.69) is 36.8 Å². The van der Waals surface area contributed by atoms with E-state index in [4.69, 9.17) is 11.6 Å². The van der Waals surface area contributed by atoms with E-state index < -0.39 is 0 Å². The summed E-state index contributed by atoms with van der Waals surface area (Å²) in [7, 11) is 1.89. The van der Waals surface area contributed by atoms with Crippen LogP contribution in [-0.4, -0.2) is 51.7 Å². The molecule has 5 nitrogen and oxygen atoms in total. The predicted molar refractivity (Wildman–Crippen MR) is 114 cm³/mol. The van der Waals surface area contributed by atoms with E-state index in [-0.39, 0.29) is 5.91 Å². The van der Waals surface area contributed by atoms with Gasteiger partial charge in [-0.1, -0.05) is 50.6 Å². The number of amides is 1. The molecule has 3 rings (SSSR count). The number of carbonyl (C=O) groups is 1. The number of benzene rings is 1. The van der Waals surface area contributed by atoms with Crippen LogP contribution < -0.4 is 0 Å². The van der Waals surface area contributed by atoms with Crippen LogP contribution in [0.15, 0.2) is 24.3 Å². The van der Waals surface area contributed by atoms with Crippen molar-refractivity contribution in [3.8, 4) is 0 Å². The molecule has 0 N–H and O–H groups in total. The first-order valence-electron chi connectivity index (χ1n) is 10.2. The zero-order chi connectivity index (χ0) is 20.3. The standard InChI is InChI=1S/C22H31ClN4O/c1-5-20-19(21(23)25(4)24-20)15-26-10-12-27(13-11-26)22(28)18-9-7-6-8-17(18)14-16(2)3/h6-9,16H,5,10-15H2,1-4H3. The third-order valence-corrected chi connectivity index (χ3v) is 5.88. The zero-order valence-corrected chi connectivity index (χ0v) is 18.2. The maximum atomic E-state index is 13.1. The minimum absolute atomic E-state index is 0.157. The molecule has 1 aliphatic rings. The number of rotatable bonds is 6. The van der Waals surface area contributed by atoms with Crippen LogP contribution in [0.25, 0.3) is 0 Å². The Kier molecular flexibility index (Phi) is 6.78. The first-order valence-corrected chi connectivity index (χ1v) is 10.6. The van der Waals surface area contributed by atoms with Gasteiger partial charge in [-0.25, -0.2) is 0 Å². The van der Waals surface area contributed by atoms with Gasteiger partial charge in [0.15, 0.2) is 0 Å². The number of aromatic nitrogens is 2. The Hall–Kier alpha value is -1.85. The second-order valence-electron chi connectivity index (χ2n) is 8.02. The van der Waals surface area contributed by atoms with Gasteiger partial charge in [0.25, 0.3) is 5.91 Å². The molecule has 1 saturated heterocycles. The van der Waals surface area contributed by atoms with E-state index in [1.165, 1.54) is 0 Å². The average Bonchev–Trinajstić information content (AvgIpc) is 2.96. The summed E-state index contributed by atoms with van der Waals surface area (Å²) in [5, 5.41) is 5.22. The minimum atomic E-state index is 0.157. The number of hydrogen-bond acceptors (Lipinski definition) is 3. The molecule has 0 aliphatic carbocycles. The maximum Gasteiger partial charge on any atom is 0.254 e. The minimum Gasteiger partial charge on any atom is -0.336 e. The van der Waals surface area contributed by atoms with E-state index in [1.807, 2.05) is 30.1 Å². The Labute approximate surface area is 173 Å². The van der Waals surface area contributed by atoms with Crippen LogP contribution in [0, 0.1) is 5.92 Å². The van der Waals surface area contributed by atoms with Crippen LogP contribution in [-0.2, 0) is 26.4 Å². The Bertz CT molecular complexity index is 822. The summed E-state index contributed by atoms with van der Waals surface area (Å²) in [6, 6.07) is 8.04. The van der Waals surface area contributed by atoms with Gasteiger partial charge >= 0.3 is 0 Å². The fourth-order valence-corrected chi connectivity index (χ4v) is 4.10. The molecule has 0 radical (unpaired) electrons. The van der Waals surface area contributed by atoms with Crippen LogP contribution in [0.1, 0.15) is 48.0 Å². The van der Waals surface area contributed by atoms with Gasteiger partial charge in [0, 0.05) is 50.9 Å². The first kappa shape index (κ1) is 20.9. The van der Waals surface area contributed by atoms with E-state index in [9.17, 15) is 4.79 Å². The highest BCUT2D eigenvalue weighted by Gasteiger charge is 2.25. The third kappa shape index (κ3) is 4.58. The first-order chi connectivity index (χ1) is 13.4. The summed E-state index contributed by atoms with van der Waals surface area (Å²) in [5.41, 5.74) is 4.19. The maximum absolute atomic E-state index is 13.1. The Morgan fingerprint density at radius 2 is 1.86 bits per heavy atom. The molecule has 1 amide bonds. The van der Waals surface area contributed by atoms with E-state index in [0.717, 1.165) is 73.1 Å². The lowest BCUT2D eigenvalue weighted by Crippen LogP contribution is -2.48. The second kappa shape index (κ2) is 9.10. The van der Waals surface area contributed by atoms with Gasteiger partial charge in [-0.05, 0) is 30.4 Å². The van der Waals surface area contributed by atoms with Gasteiger partial charge in [-0.3, -0.25) is 14.4 Å². The van der Waals surface area contributed by atoms with Gasteiger partial charge in [0.1, 0.15) is 5.15 Å². The van der Waals surface area contributed by atoms with Crippen molar-refractivity contribution >= 4 is 17.5 Å². The van der Waals surface area contributed by atoms with Crippen molar-refractivity contribution in [3.05, 3.63) is 51.8 Å². The number of halogens is 1. The van der Waals surface area contributed by atoms with Crippen molar-refractivity contribution in [3.63, 3.8) is 0 Å². The zero-order valence-electron chi connectivity index (χ0n) is 17.4. The molecule has 1 aliphatic heterocycles. The topological polar surface area (TPSA) is 41.4 Å². The third-order valence-electron chi connectivity index (χ3n) is 5.40. The molecule has 6 heteroatoms. The van der Waals surface area contributed by atoms with E-state index >= 15 is 0 Å². The van der Waals surface area contributed by atoms with Gasteiger partial charge in [-0.15, -0.1) is 0 Å². The van der Waals surface area contributed by atoms with E-state index in [1.54, 1.807) is 4.68 Å². The molecule has 0 bridgehead atoms. The highest BCUT2D eigenvalue weighted by molar-refractivity contribution is 6.30. The molecule has 1 aromatic heterocycles. The van der Waals surface area contributed by atoms with Gasteiger partial charge < -0.3 is 4.90 Å². The predicted octanol–water partition coefficient (Wildman–Crippen LogP) is 3.79. The van der Waals surface area contributed by atoms with Crippen molar-refractivity contribution in [2.75, 3.05) is 26.2 Å². The van der Waals surface area contributed by atoms with Gasteiger partial charge in [0.2, 0.25) is 0 Å². The van der Waals surface area contributed by atoms with Crippen LogP contribution in [0.2, 0.25) is 5.15 Å². The van der Waals surface area contributed by atoms with Gasteiger partial charge in [0.05, 0.1) is 5.69 Å².